The number of amides is 1. The third-order valence-electron chi connectivity index (χ3n) is 4.01. The highest BCUT2D eigenvalue weighted by molar-refractivity contribution is 7.89. The Morgan fingerprint density at radius 3 is 2.43 bits per heavy atom. The van der Waals surface area contributed by atoms with Gasteiger partial charge in [-0.3, -0.25) is 4.79 Å². The fourth-order valence-electron chi connectivity index (χ4n) is 2.53. The number of carbonyl (C=O) groups excluding carboxylic acids is 1. The number of rotatable bonds is 7. The summed E-state index contributed by atoms with van der Waals surface area (Å²) in [6.45, 7) is 1.56. The molecule has 0 fully saturated rings. The van der Waals surface area contributed by atoms with E-state index in [1.807, 2.05) is 6.92 Å². The van der Waals surface area contributed by atoms with Crippen LogP contribution in [0.3, 0.4) is 0 Å². The quantitative estimate of drug-likeness (QED) is 0.567. The molecule has 2 N–H and O–H groups in total. The summed E-state index contributed by atoms with van der Waals surface area (Å²) in [4.78, 5) is 16.8. The molecule has 0 aliphatic heterocycles. The Balaban J connectivity index is 1.58. The third kappa shape index (κ3) is 5.23. The molecule has 1 heterocycles. The van der Waals surface area contributed by atoms with Crippen molar-refractivity contribution in [2.24, 2.45) is 0 Å². The van der Waals surface area contributed by atoms with Crippen LogP contribution in [-0.2, 0) is 14.8 Å². The zero-order valence-electron chi connectivity index (χ0n) is 15.6. The van der Waals surface area contributed by atoms with E-state index < -0.39 is 32.5 Å². The standard InChI is InChI=1S/C19H16F3N3O3S2/c1-11-18(12-2-4-13(20)5-3-12)25-19(29-11)24-17(26)8-9-23-30(27,28)14-6-7-15(21)16(22)10-14/h2-7,10,23H,8-9H2,1H3,(H,24,25,26). The lowest BCUT2D eigenvalue weighted by atomic mass is 10.1. The summed E-state index contributed by atoms with van der Waals surface area (Å²) in [6.07, 6.45) is -0.201. The minimum absolute atomic E-state index is 0.201. The van der Waals surface area contributed by atoms with Crippen molar-refractivity contribution < 1.29 is 26.4 Å². The molecular weight excluding hydrogens is 439 g/mol. The van der Waals surface area contributed by atoms with Crippen molar-refractivity contribution in [3.63, 3.8) is 0 Å². The molecular formula is C19H16F3N3O3S2. The summed E-state index contributed by atoms with van der Waals surface area (Å²) in [5.41, 5.74) is 1.30. The second-order valence-electron chi connectivity index (χ2n) is 6.20. The predicted molar refractivity (Wildman–Crippen MR) is 107 cm³/mol. The smallest absolute Gasteiger partial charge is 0.240 e. The van der Waals surface area contributed by atoms with Crippen molar-refractivity contribution in [2.75, 3.05) is 11.9 Å². The highest BCUT2D eigenvalue weighted by atomic mass is 32.2. The number of sulfonamides is 1. The summed E-state index contributed by atoms with van der Waals surface area (Å²) in [6, 6.07) is 7.98. The summed E-state index contributed by atoms with van der Waals surface area (Å²) in [5, 5.41) is 2.90. The zero-order chi connectivity index (χ0) is 21.9. The second-order valence-corrected chi connectivity index (χ2v) is 9.17. The van der Waals surface area contributed by atoms with E-state index in [-0.39, 0.29) is 18.8 Å². The topological polar surface area (TPSA) is 88.2 Å². The largest absolute Gasteiger partial charge is 0.302 e. The number of aryl methyl sites for hydroxylation is 1. The lowest BCUT2D eigenvalue weighted by Crippen LogP contribution is -2.28. The van der Waals surface area contributed by atoms with Crippen LogP contribution in [-0.4, -0.2) is 25.9 Å². The summed E-state index contributed by atoms with van der Waals surface area (Å²) >= 11 is 1.23. The van der Waals surface area contributed by atoms with E-state index in [0.29, 0.717) is 28.5 Å². The first kappa shape index (κ1) is 21.9. The first-order chi connectivity index (χ1) is 14.2. The van der Waals surface area contributed by atoms with E-state index in [4.69, 9.17) is 0 Å². The van der Waals surface area contributed by atoms with Gasteiger partial charge < -0.3 is 5.32 Å². The van der Waals surface area contributed by atoms with E-state index in [2.05, 4.69) is 15.0 Å². The first-order valence-corrected chi connectivity index (χ1v) is 10.9. The van der Waals surface area contributed by atoms with E-state index in [1.165, 1.54) is 23.5 Å². The van der Waals surface area contributed by atoms with Crippen LogP contribution in [0.4, 0.5) is 18.3 Å². The predicted octanol–water partition coefficient (Wildman–Crippen LogP) is 3.84. The van der Waals surface area contributed by atoms with Gasteiger partial charge in [0.2, 0.25) is 15.9 Å². The average Bonchev–Trinajstić information content (AvgIpc) is 3.04. The minimum Gasteiger partial charge on any atom is -0.302 e. The number of anilines is 1. The van der Waals surface area contributed by atoms with Crippen molar-refractivity contribution in [3.8, 4) is 11.3 Å². The van der Waals surface area contributed by atoms with Crippen molar-refractivity contribution >= 4 is 32.4 Å². The molecule has 3 aromatic rings. The molecule has 0 saturated heterocycles. The number of hydrogen-bond acceptors (Lipinski definition) is 5. The molecule has 6 nitrogen and oxygen atoms in total. The summed E-state index contributed by atoms with van der Waals surface area (Å²) in [5.74, 6) is -3.30. The number of nitrogens with one attached hydrogen (secondary N) is 2. The van der Waals surface area contributed by atoms with Crippen LogP contribution >= 0.6 is 11.3 Å². The number of carbonyl (C=O) groups is 1. The molecule has 11 heteroatoms. The maximum absolute atomic E-state index is 13.2. The molecule has 1 amide bonds. The number of hydrogen-bond donors (Lipinski definition) is 2. The Morgan fingerprint density at radius 2 is 1.77 bits per heavy atom. The molecule has 0 bridgehead atoms. The van der Waals surface area contributed by atoms with Gasteiger partial charge >= 0.3 is 0 Å². The second kappa shape index (κ2) is 8.94. The number of benzene rings is 2. The van der Waals surface area contributed by atoms with E-state index >= 15 is 0 Å². The fraction of sp³-hybridized carbons (Fsp3) is 0.158. The van der Waals surface area contributed by atoms with Crippen molar-refractivity contribution in [1.82, 2.24) is 9.71 Å². The molecule has 0 saturated carbocycles. The van der Waals surface area contributed by atoms with Gasteiger partial charge in [0.15, 0.2) is 16.8 Å². The van der Waals surface area contributed by atoms with Gasteiger partial charge in [0.25, 0.3) is 0 Å². The molecule has 2 aromatic carbocycles. The molecule has 0 aliphatic carbocycles. The Bertz CT molecular complexity index is 1180. The van der Waals surface area contributed by atoms with Gasteiger partial charge in [0.05, 0.1) is 10.6 Å². The first-order valence-electron chi connectivity index (χ1n) is 8.63. The fourth-order valence-corrected chi connectivity index (χ4v) is 4.43. The average molecular weight is 455 g/mol. The van der Waals surface area contributed by atoms with Crippen LogP contribution in [0.1, 0.15) is 11.3 Å². The Labute approximate surface area is 174 Å². The molecule has 1 aromatic heterocycles. The van der Waals surface area contributed by atoms with Crippen molar-refractivity contribution in [2.45, 2.75) is 18.2 Å². The van der Waals surface area contributed by atoms with E-state index in [9.17, 15) is 26.4 Å². The van der Waals surface area contributed by atoms with Crippen LogP contribution in [0.5, 0.6) is 0 Å². The van der Waals surface area contributed by atoms with E-state index in [1.54, 1.807) is 12.1 Å². The normalized spacial score (nSPS) is 11.5. The Kier molecular flexibility index (Phi) is 6.54. The molecule has 0 spiro atoms. The van der Waals surface area contributed by atoms with Gasteiger partial charge in [0, 0.05) is 23.4 Å². The van der Waals surface area contributed by atoms with Gasteiger partial charge in [-0.05, 0) is 49.4 Å². The zero-order valence-corrected chi connectivity index (χ0v) is 17.2. The monoisotopic (exact) mass is 455 g/mol. The minimum atomic E-state index is -4.09. The number of aromatic nitrogens is 1. The molecule has 158 valence electrons. The van der Waals surface area contributed by atoms with E-state index in [0.717, 1.165) is 10.9 Å². The van der Waals surface area contributed by atoms with Crippen LogP contribution in [0.15, 0.2) is 47.4 Å². The van der Waals surface area contributed by atoms with Gasteiger partial charge in [-0.1, -0.05) is 0 Å². The molecule has 3 rings (SSSR count). The molecule has 0 atom stereocenters. The third-order valence-corrected chi connectivity index (χ3v) is 6.35. The van der Waals surface area contributed by atoms with Crippen molar-refractivity contribution in [3.05, 3.63) is 64.8 Å². The van der Waals surface area contributed by atoms with Crippen molar-refractivity contribution in [1.29, 1.82) is 0 Å². The lowest BCUT2D eigenvalue weighted by molar-refractivity contribution is -0.116. The lowest BCUT2D eigenvalue weighted by Gasteiger charge is -2.07. The molecule has 0 aliphatic rings. The number of nitrogens with zero attached hydrogens (tertiary/aromatic N) is 1. The maximum atomic E-state index is 13.2. The summed E-state index contributed by atoms with van der Waals surface area (Å²) in [7, 11) is -4.09. The Hall–Kier alpha value is -2.76. The highest BCUT2D eigenvalue weighted by Gasteiger charge is 2.17. The van der Waals surface area contributed by atoms with Gasteiger partial charge in [0.1, 0.15) is 5.82 Å². The summed E-state index contributed by atoms with van der Waals surface area (Å²) < 4.78 is 65.6. The van der Waals surface area contributed by atoms with Gasteiger partial charge in [-0.2, -0.15) is 0 Å². The van der Waals surface area contributed by atoms with Gasteiger partial charge in [-0.25, -0.2) is 31.3 Å². The van der Waals surface area contributed by atoms with Crippen LogP contribution in [0.25, 0.3) is 11.3 Å². The van der Waals surface area contributed by atoms with Crippen LogP contribution < -0.4 is 10.0 Å². The van der Waals surface area contributed by atoms with Gasteiger partial charge in [-0.15, -0.1) is 11.3 Å². The maximum Gasteiger partial charge on any atom is 0.240 e. The molecule has 0 unspecified atom stereocenters. The van der Waals surface area contributed by atoms with Crippen LogP contribution in [0, 0.1) is 24.4 Å². The SMILES string of the molecule is Cc1sc(NC(=O)CCNS(=O)(=O)c2ccc(F)c(F)c2)nc1-c1ccc(F)cc1. The highest BCUT2D eigenvalue weighted by Crippen LogP contribution is 2.30. The number of halogens is 3. The molecule has 30 heavy (non-hydrogen) atoms. The Morgan fingerprint density at radius 1 is 1.07 bits per heavy atom. The molecule has 0 radical (unpaired) electrons. The number of thiazole rings is 1. The van der Waals surface area contributed by atoms with Crippen LogP contribution in [0.2, 0.25) is 0 Å².